The van der Waals surface area contributed by atoms with E-state index in [-0.39, 0.29) is 18.4 Å². The molecule has 0 aliphatic carbocycles. The molecule has 4 atom stereocenters. The quantitative estimate of drug-likeness (QED) is 0.432. The Morgan fingerprint density at radius 3 is 2.33 bits per heavy atom. The minimum absolute atomic E-state index is 0.0606. The summed E-state index contributed by atoms with van der Waals surface area (Å²) in [6, 6.07) is 16.3. The third-order valence-corrected chi connectivity index (χ3v) is 5.94. The van der Waals surface area contributed by atoms with Gasteiger partial charge >= 0.3 is 5.97 Å². The van der Waals surface area contributed by atoms with Crippen molar-refractivity contribution >= 4 is 17.8 Å². The smallest absolute Gasteiger partial charge is 0.326 e. The van der Waals surface area contributed by atoms with Gasteiger partial charge in [0.15, 0.2) is 0 Å². The molecule has 1 aliphatic heterocycles. The number of rotatable bonds is 10. The normalized spacial score (nSPS) is 18.4. The number of aliphatic hydroxyl groups is 1. The lowest BCUT2D eigenvalue weighted by atomic mass is 10.00. The van der Waals surface area contributed by atoms with Crippen LogP contribution in [-0.4, -0.2) is 70.2 Å². The van der Waals surface area contributed by atoms with Gasteiger partial charge in [-0.25, -0.2) is 4.79 Å². The molecule has 2 aromatic rings. The molecule has 4 N–H and O–H groups in total. The minimum atomic E-state index is -1.00. The highest BCUT2D eigenvalue weighted by atomic mass is 16.4. The van der Waals surface area contributed by atoms with E-state index in [0.29, 0.717) is 31.4 Å². The zero-order valence-electron chi connectivity index (χ0n) is 18.7. The zero-order chi connectivity index (χ0) is 23.8. The van der Waals surface area contributed by atoms with Crippen molar-refractivity contribution in [2.45, 2.75) is 50.4 Å². The van der Waals surface area contributed by atoms with Crippen molar-refractivity contribution in [2.75, 3.05) is 13.1 Å². The van der Waals surface area contributed by atoms with Crippen molar-refractivity contribution in [3.05, 3.63) is 71.8 Å². The fourth-order valence-electron chi connectivity index (χ4n) is 4.06. The molecule has 1 unspecified atom stereocenters. The topological polar surface area (TPSA) is 119 Å². The lowest BCUT2D eigenvalue weighted by Gasteiger charge is -2.28. The van der Waals surface area contributed by atoms with Gasteiger partial charge < -0.3 is 25.7 Å². The number of carbonyl (C=O) groups is 3. The SMILES string of the molecule is C[C@H](NCC(O)[C@H](Cc1ccccc1)NC(=O)c1ccccc1)C(=O)N1CCC[C@H]1C(=O)O. The maximum atomic E-state index is 12.7. The zero-order valence-corrected chi connectivity index (χ0v) is 18.7. The third kappa shape index (κ3) is 6.63. The second-order valence-corrected chi connectivity index (χ2v) is 8.36. The molecule has 2 amide bonds. The number of hydrogen-bond acceptors (Lipinski definition) is 5. The van der Waals surface area contributed by atoms with Crippen molar-refractivity contribution in [2.24, 2.45) is 0 Å². The molecule has 1 fully saturated rings. The standard InChI is InChI=1S/C25H31N3O5/c1-17(24(31)28-14-8-13-21(28)25(32)33)26-16-22(29)20(15-18-9-4-2-5-10-18)27-23(30)19-11-6-3-7-12-19/h2-7,9-12,17,20-22,26,29H,8,13-16H2,1H3,(H,27,30)(H,32,33)/t17-,20-,21-,22?/m0/s1. The number of benzene rings is 2. The molecule has 8 heteroatoms. The molecule has 8 nitrogen and oxygen atoms in total. The van der Waals surface area contributed by atoms with E-state index in [1.165, 1.54) is 4.90 Å². The Morgan fingerprint density at radius 2 is 1.70 bits per heavy atom. The molecular formula is C25H31N3O5. The van der Waals surface area contributed by atoms with E-state index < -0.39 is 30.2 Å². The summed E-state index contributed by atoms with van der Waals surface area (Å²) in [4.78, 5) is 38.2. The van der Waals surface area contributed by atoms with E-state index in [4.69, 9.17) is 0 Å². The summed E-state index contributed by atoms with van der Waals surface area (Å²) in [5, 5.41) is 26.2. The Labute approximate surface area is 193 Å². The van der Waals surface area contributed by atoms with Crippen LogP contribution in [-0.2, 0) is 16.0 Å². The maximum absolute atomic E-state index is 12.7. The third-order valence-electron chi connectivity index (χ3n) is 5.94. The first-order valence-corrected chi connectivity index (χ1v) is 11.2. The Hall–Kier alpha value is -3.23. The van der Waals surface area contributed by atoms with Gasteiger partial charge in [0.1, 0.15) is 6.04 Å². The van der Waals surface area contributed by atoms with Crippen LogP contribution in [0.15, 0.2) is 60.7 Å². The molecule has 3 rings (SSSR count). The number of nitrogens with one attached hydrogen (secondary N) is 2. The average molecular weight is 454 g/mol. The maximum Gasteiger partial charge on any atom is 0.326 e. The van der Waals surface area contributed by atoms with E-state index in [2.05, 4.69) is 10.6 Å². The van der Waals surface area contributed by atoms with E-state index >= 15 is 0 Å². The van der Waals surface area contributed by atoms with Crippen molar-refractivity contribution in [3.8, 4) is 0 Å². The lowest BCUT2D eigenvalue weighted by molar-refractivity contribution is -0.148. The van der Waals surface area contributed by atoms with Crippen molar-refractivity contribution in [1.29, 1.82) is 0 Å². The molecule has 1 heterocycles. The molecule has 0 bridgehead atoms. The predicted octanol–water partition coefficient (Wildman–Crippen LogP) is 1.44. The second-order valence-electron chi connectivity index (χ2n) is 8.36. The van der Waals surface area contributed by atoms with Gasteiger partial charge in [0.25, 0.3) is 5.91 Å². The largest absolute Gasteiger partial charge is 0.480 e. The summed E-state index contributed by atoms with van der Waals surface area (Å²) in [5.74, 6) is -1.60. The van der Waals surface area contributed by atoms with Crippen LogP contribution in [0, 0.1) is 0 Å². The molecule has 33 heavy (non-hydrogen) atoms. The molecular weight excluding hydrogens is 422 g/mol. The Bertz CT molecular complexity index is 938. The van der Waals surface area contributed by atoms with Crippen LogP contribution in [0.25, 0.3) is 0 Å². The predicted molar refractivity (Wildman–Crippen MR) is 124 cm³/mol. The highest BCUT2D eigenvalue weighted by molar-refractivity contribution is 5.94. The molecule has 0 aromatic heterocycles. The molecule has 0 radical (unpaired) electrons. The summed E-state index contributed by atoms with van der Waals surface area (Å²) in [7, 11) is 0. The summed E-state index contributed by atoms with van der Waals surface area (Å²) in [6.07, 6.45) is 0.545. The summed E-state index contributed by atoms with van der Waals surface area (Å²) >= 11 is 0. The molecule has 176 valence electrons. The lowest BCUT2D eigenvalue weighted by Crippen LogP contribution is -2.53. The summed E-state index contributed by atoms with van der Waals surface area (Å²) < 4.78 is 0. The van der Waals surface area contributed by atoms with Gasteiger partial charge in [0.05, 0.1) is 18.2 Å². The number of carboxylic acid groups (broad SMARTS) is 1. The van der Waals surface area contributed by atoms with Crippen LogP contribution in [0.5, 0.6) is 0 Å². The van der Waals surface area contributed by atoms with Crippen LogP contribution in [0.3, 0.4) is 0 Å². The summed E-state index contributed by atoms with van der Waals surface area (Å²) in [6.45, 7) is 2.13. The highest BCUT2D eigenvalue weighted by Crippen LogP contribution is 2.18. The molecule has 1 saturated heterocycles. The van der Waals surface area contributed by atoms with Gasteiger partial charge in [-0.15, -0.1) is 0 Å². The molecule has 0 saturated carbocycles. The van der Waals surface area contributed by atoms with Crippen LogP contribution in [0.4, 0.5) is 0 Å². The van der Waals surface area contributed by atoms with Crippen LogP contribution >= 0.6 is 0 Å². The molecule has 1 aliphatic rings. The van der Waals surface area contributed by atoms with Gasteiger partial charge in [-0.2, -0.15) is 0 Å². The van der Waals surface area contributed by atoms with Crippen LogP contribution < -0.4 is 10.6 Å². The van der Waals surface area contributed by atoms with Crippen molar-refractivity contribution in [3.63, 3.8) is 0 Å². The molecule has 0 spiro atoms. The van der Waals surface area contributed by atoms with E-state index in [1.54, 1.807) is 31.2 Å². The monoisotopic (exact) mass is 453 g/mol. The van der Waals surface area contributed by atoms with E-state index in [0.717, 1.165) is 5.56 Å². The Kier molecular flexibility index (Phi) is 8.57. The number of nitrogens with zero attached hydrogens (tertiary/aromatic N) is 1. The van der Waals surface area contributed by atoms with Gasteiger partial charge in [-0.3, -0.25) is 9.59 Å². The van der Waals surface area contributed by atoms with Crippen LogP contribution in [0.1, 0.15) is 35.7 Å². The van der Waals surface area contributed by atoms with Gasteiger partial charge in [0, 0.05) is 18.7 Å². The number of carbonyl (C=O) groups excluding carboxylic acids is 2. The first kappa shape index (κ1) is 24.4. The molecule has 2 aromatic carbocycles. The number of aliphatic hydroxyl groups excluding tert-OH is 1. The minimum Gasteiger partial charge on any atom is -0.480 e. The fourth-order valence-corrected chi connectivity index (χ4v) is 4.06. The Balaban J connectivity index is 1.63. The van der Waals surface area contributed by atoms with E-state index in [9.17, 15) is 24.6 Å². The first-order chi connectivity index (χ1) is 15.9. The van der Waals surface area contributed by atoms with Gasteiger partial charge in [0.2, 0.25) is 5.91 Å². The first-order valence-electron chi connectivity index (χ1n) is 11.2. The van der Waals surface area contributed by atoms with Crippen LogP contribution in [0.2, 0.25) is 0 Å². The average Bonchev–Trinajstić information content (AvgIpc) is 3.33. The number of amides is 2. The summed E-state index contributed by atoms with van der Waals surface area (Å²) in [5.41, 5.74) is 1.45. The highest BCUT2D eigenvalue weighted by Gasteiger charge is 2.36. The fraction of sp³-hybridized carbons (Fsp3) is 0.400. The number of carboxylic acids is 1. The number of likely N-dealkylation sites (tertiary alicyclic amines) is 1. The van der Waals surface area contributed by atoms with Gasteiger partial charge in [-0.05, 0) is 43.9 Å². The second kappa shape index (κ2) is 11.6. The number of aliphatic carboxylic acids is 1. The van der Waals surface area contributed by atoms with Crippen molar-refractivity contribution in [1.82, 2.24) is 15.5 Å². The van der Waals surface area contributed by atoms with Gasteiger partial charge in [-0.1, -0.05) is 48.5 Å². The van der Waals surface area contributed by atoms with E-state index in [1.807, 2.05) is 36.4 Å². The number of hydrogen-bond donors (Lipinski definition) is 4. The Morgan fingerprint density at radius 1 is 1.06 bits per heavy atom. The van der Waals surface area contributed by atoms with Crippen molar-refractivity contribution < 1.29 is 24.6 Å².